The minimum absolute atomic E-state index is 0.0422. The molecule has 31 heavy (non-hydrogen) atoms. The van der Waals surface area contributed by atoms with Crippen molar-refractivity contribution < 1.29 is 4.79 Å². The van der Waals surface area contributed by atoms with Gasteiger partial charge in [0.05, 0.1) is 17.2 Å². The Balaban J connectivity index is 1.37. The molecule has 8 nitrogen and oxygen atoms in total. The molecule has 2 aromatic heterocycles. The number of carbonyl (C=O) groups excluding carboxylic acids is 1. The van der Waals surface area contributed by atoms with Crippen molar-refractivity contribution >= 4 is 22.5 Å². The molecule has 0 unspecified atom stereocenters. The van der Waals surface area contributed by atoms with Gasteiger partial charge in [0, 0.05) is 44.3 Å². The summed E-state index contributed by atoms with van der Waals surface area (Å²) in [5.41, 5.74) is 2.69. The molecule has 0 aliphatic carbocycles. The zero-order valence-electron chi connectivity index (χ0n) is 18.3. The van der Waals surface area contributed by atoms with E-state index < -0.39 is 0 Å². The van der Waals surface area contributed by atoms with Crippen LogP contribution in [0.15, 0.2) is 35.3 Å². The Labute approximate surface area is 181 Å². The van der Waals surface area contributed by atoms with Crippen molar-refractivity contribution in [2.75, 3.05) is 46.3 Å². The Kier molecular flexibility index (Phi) is 5.27. The minimum atomic E-state index is -0.0798. The summed E-state index contributed by atoms with van der Waals surface area (Å²) in [4.78, 5) is 33.0. The van der Waals surface area contributed by atoms with Crippen LogP contribution in [0.25, 0.3) is 16.6 Å². The predicted molar refractivity (Wildman–Crippen MR) is 121 cm³/mol. The van der Waals surface area contributed by atoms with Crippen LogP contribution >= 0.6 is 0 Å². The Morgan fingerprint density at radius 2 is 1.74 bits per heavy atom. The molecule has 2 aliphatic rings. The maximum absolute atomic E-state index is 13.3. The number of amides is 1. The average molecular weight is 423 g/mol. The van der Waals surface area contributed by atoms with Gasteiger partial charge in [-0.15, -0.1) is 0 Å². The number of fused-ring (bicyclic) bond motifs is 3. The fourth-order valence-corrected chi connectivity index (χ4v) is 5.10. The number of aryl methyl sites for hydroxylation is 1. The molecule has 0 radical (unpaired) electrons. The van der Waals surface area contributed by atoms with E-state index in [9.17, 15) is 9.59 Å². The number of piperazine rings is 1. The molecule has 0 atom stereocenters. The highest BCUT2D eigenvalue weighted by Crippen LogP contribution is 2.20. The second-order valence-electron chi connectivity index (χ2n) is 8.74. The van der Waals surface area contributed by atoms with Gasteiger partial charge in [-0.3, -0.25) is 14.5 Å². The summed E-state index contributed by atoms with van der Waals surface area (Å²) in [5, 5.41) is 4.30. The lowest BCUT2D eigenvalue weighted by Crippen LogP contribution is -2.54. The second kappa shape index (κ2) is 8.09. The number of aromatic nitrogens is 3. The van der Waals surface area contributed by atoms with Crippen LogP contribution < -0.4 is 5.56 Å². The molecule has 2 aliphatic heterocycles. The average Bonchev–Trinajstić information content (AvgIpc) is 3.30. The van der Waals surface area contributed by atoms with Gasteiger partial charge < -0.3 is 14.4 Å². The maximum Gasteiger partial charge on any atom is 0.277 e. The highest BCUT2D eigenvalue weighted by molar-refractivity contribution is 5.97. The molecule has 1 aromatic carbocycles. The van der Waals surface area contributed by atoms with Gasteiger partial charge in [0.2, 0.25) is 0 Å². The summed E-state index contributed by atoms with van der Waals surface area (Å²) in [6.07, 6.45) is 4.07. The second-order valence-corrected chi connectivity index (χ2v) is 8.74. The van der Waals surface area contributed by atoms with Gasteiger partial charge in [0.25, 0.3) is 11.5 Å². The Hall–Kier alpha value is -2.71. The fourth-order valence-electron chi connectivity index (χ4n) is 5.10. The van der Waals surface area contributed by atoms with Crippen LogP contribution in [0, 0.1) is 0 Å². The van der Waals surface area contributed by atoms with Gasteiger partial charge in [-0.05, 0) is 64.2 Å². The Morgan fingerprint density at radius 1 is 1.00 bits per heavy atom. The van der Waals surface area contributed by atoms with Crippen molar-refractivity contribution in [1.82, 2.24) is 28.9 Å². The largest absolute Gasteiger partial charge is 0.336 e. The molecule has 0 spiro atoms. The van der Waals surface area contributed by atoms with Crippen molar-refractivity contribution in [1.29, 1.82) is 0 Å². The van der Waals surface area contributed by atoms with E-state index in [0.717, 1.165) is 50.3 Å². The van der Waals surface area contributed by atoms with Crippen molar-refractivity contribution in [3.8, 4) is 0 Å². The first-order chi connectivity index (χ1) is 15.1. The number of nitrogens with zero attached hydrogens (tertiary/aromatic N) is 6. The van der Waals surface area contributed by atoms with Gasteiger partial charge >= 0.3 is 0 Å². The van der Waals surface area contributed by atoms with E-state index in [0.29, 0.717) is 23.7 Å². The van der Waals surface area contributed by atoms with E-state index in [1.54, 1.807) is 21.3 Å². The Morgan fingerprint density at radius 3 is 2.45 bits per heavy atom. The van der Waals surface area contributed by atoms with Crippen molar-refractivity contribution in [2.45, 2.75) is 32.4 Å². The van der Waals surface area contributed by atoms with Crippen LogP contribution in [-0.2, 0) is 6.54 Å². The standard InChI is InChI=1S/C23H30N6O2/c1-3-28-21-16-17(4-5-19(21)29-20(23(28)31)6-9-24-29)22(30)27-14-12-26(13-15-27)18-7-10-25(2)11-8-18/h4-6,9,16,18H,3,7-8,10-15H2,1-2H3. The van der Waals surface area contributed by atoms with Gasteiger partial charge in [-0.25, -0.2) is 4.52 Å². The summed E-state index contributed by atoms with van der Waals surface area (Å²) in [6.45, 7) is 8.17. The number of hydrogen-bond donors (Lipinski definition) is 0. The summed E-state index contributed by atoms with van der Waals surface area (Å²) in [7, 11) is 2.19. The number of carbonyl (C=O) groups is 1. The molecule has 0 saturated carbocycles. The zero-order chi connectivity index (χ0) is 21.5. The molecule has 0 N–H and O–H groups in total. The minimum Gasteiger partial charge on any atom is -0.336 e. The zero-order valence-corrected chi connectivity index (χ0v) is 18.3. The van der Waals surface area contributed by atoms with Crippen LogP contribution in [0.1, 0.15) is 30.1 Å². The maximum atomic E-state index is 13.3. The molecular formula is C23H30N6O2. The Bertz CT molecular complexity index is 1170. The third-order valence-electron chi connectivity index (χ3n) is 6.97. The topological polar surface area (TPSA) is 66.1 Å². The van der Waals surface area contributed by atoms with Crippen LogP contribution in [0.4, 0.5) is 0 Å². The first-order valence-corrected chi connectivity index (χ1v) is 11.3. The lowest BCUT2D eigenvalue weighted by atomic mass is 10.0. The van der Waals surface area contributed by atoms with E-state index in [-0.39, 0.29) is 11.5 Å². The first kappa shape index (κ1) is 20.2. The highest BCUT2D eigenvalue weighted by Gasteiger charge is 2.28. The molecule has 4 heterocycles. The molecule has 5 rings (SSSR count). The molecule has 2 saturated heterocycles. The molecule has 2 fully saturated rings. The van der Waals surface area contributed by atoms with E-state index in [1.807, 2.05) is 30.0 Å². The monoisotopic (exact) mass is 422 g/mol. The quantitative estimate of drug-likeness (QED) is 0.640. The van der Waals surface area contributed by atoms with Crippen molar-refractivity contribution in [2.24, 2.45) is 0 Å². The number of rotatable bonds is 3. The summed E-state index contributed by atoms with van der Waals surface area (Å²) in [6, 6.07) is 8.00. The number of benzene rings is 1. The first-order valence-electron chi connectivity index (χ1n) is 11.3. The van der Waals surface area contributed by atoms with Gasteiger partial charge in [0.15, 0.2) is 0 Å². The van der Waals surface area contributed by atoms with Crippen LogP contribution in [0.2, 0.25) is 0 Å². The lowest BCUT2D eigenvalue weighted by molar-refractivity contribution is 0.0475. The van der Waals surface area contributed by atoms with Crippen LogP contribution in [0.3, 0.4) is 0 Å². The van der Waals surface area contributed by atoms with Gasteiger partial charge in [-0.2, -0.15) is 5.10 Å². The number of piperidine rings is 1. The summed E-state index contributed by atoms with van der Waals surface area (Å²) < 4.78 is 3.39. The molecule has 1 amide bonds. The molecule has 8 heteroatoms. The van der Waals surface area contributed by atoms with Crippen LogP contribution in [-0.4, -0.2) is 87.1 Å². The van der Waals surface area contributed by atoms with E-state index in [4.69, 9.17) is 0 Å². The highest BCUT2D eigenvalue weighted by atomic mass is 16.2. The van der Waals surface area contributed by atoms with E-state index in [1.165, 1.54) is 12.8 Å². The third-order valence-corrected chi connectivity index (χ3v) is 6.97. The number of likely N-dealkylation sites (tertiary alicyclic amines) is 1. The normalized spacial score (nSPS) is 19.5. The van der Waals surface area contributed by atoms with Gasteiger partial charge in [0.1, 0.15) is 5.52 Å². The summed E-state index contributed by atoms with van der Waals surface area (Å²) >= 11 is 0. The molecular weight excluding hydrogens is 392 g/mol. The molecule has 0 bridgehead atoms. The summed E-state index contributed by atoms with van der Waals surface area (Å²) in [5.74, 6) is 0.0422. The van der Waals surface area contributed by atoms with Crippen molar-refractivity contribution in [3.63, 3.8) is 0 Å². The van der Waals surface area contributed by atoms with E-state index in [2.05, 4.69) is 21.9 Å². The smallest absolute Gasteiger partial charge is 0.277 e. The van der Waals surface area contributed by atoms with Gasteiger partial charge in [-0.1, -0.05) is 0 Å². The van der Waals surface area contributed by atoms with Crippen LogP contribution in [0.5, 0.6) is 0 Å². The van der Waals surface area contributed by atoms with Crippen molar-refractivity contribution in [3.05, 3.63) is 46.4 Å². The van der Waals surface area contributed by atoms with E-state index >= 15 is 0 Å². The fraction of sp³-hybridized carbons (Fsp3) is 0.522. The predicted octanol–water partition coefficient (Wildman–Crippen LogP) is 1.52. The molecule has 164 valence electrons. The SMILES string of the molecule is CCn1c(=O)c2ccnn2c2ccc(C(=O)N3CCN(C4CCN(C)CC4)CC3)cc21. The third kappa shape index (κ3) is 3.53. The number of hydrogen-bond acceptors (Lipinski definition) is 5. The lowest BCUT2D eigenvalue weighted by Gasteiger charge is -2.42. The molecule has 3 aromatic rings.